The molecular weight excluding hydrogens is 320 g/mol. The van der Waals surface area contributed by atoms with Gasteiger partial charge in [0, 0.05) is 37.3 Å². The molecule has 4 heterocycles. The van der Waals surface area contributed by atoms with E-state index in [1.165, 1.54) is 16.0 Å². The van der Waals surface area contributed by atoms with Crippen LogP contribution in [0, 0.1) is 6.92 Å². The molecule has 0 saturated carbocycles. The predicted molar refractivity (Wildman–Crippen MR) is 93.8 cm³/mol. The Bertz CT molecular complexity index is 772. The number of amides is 1. The topological polar surface area (TPSA) is 49.3 Å². The van der Waals surface area contributed by atoms with E-state index in [0.29, 0.717) is 0 Å². The first-order valence-electron chi connectivity index (χ1n) is 8.51. The number of fused-ring (bicyclic) bond motifs is 2. The first-order valence-corrected chi connectivity index (χ1v) is 9.39. The summed E-state index contributed by atoms with van der Waals surface area (Å²) in [6, 6.07) is 2.05. The SMILES string of the molecule is Cc1ncc2c(n1)CN([C@H](C)C(=O)N1CCc3sccc3C1)CC2. The van der Waals surface area contributed by atoms with Crippen molar-refractivity contribution >= 4 is 17.2 Å². The Morgan fingerprint density at radius 2 is 2.12 bits per heavy atom. The van der Waals surface area contributed by atoms with Crippen molar-refractivity contribution in [2.24, 2.45) is 0 Å². The van der Waals surface area contributed by atoms with E-state index in [-0.39, 0.29) is 11.9 Å². The number of carbonyl (C=O) groups is 1. The molecule has 0 unspecified atom stereocenters. The van der Waals surface area contributed by atoms with E-state index in [9.17, 15) is 4.79 Å². The molecule has 24 heavy (non-hydrogen) atoms. The lowest BCUT2D eigenvalue weighted by atomic mass is 10.0. The van der Waals surface area contributed by atoms with Crippen LogP contribution >= 0.6 is 11.3 Å². The fourth-order valence-corrected chi connectivity index (χ4v) is 4.50. The van der Waals surface area contributed by atoms with Crippen LogP contribution in [0.4, 0.5) is 0 Å². The van der Waals surface area contributed by atoms with Gasteiger partial charge >= 0.3 is 0 Å². The van der Waals surface area contributed by atoms with Gasteiger partial charge in [-0.1, -0.05) is 0 Å². The highest BCUT2D eigenvalue weighted by Crippen LogP contribution is 2.25. The average Bonchev–Trinajstić information content (AvgIpc) is 3.07. The zero-order chi connectivity index (χ0) is 16.7. The molecule has 2 aliphatic heterocycles. The summed E-state index contributed by atoms with van der Waals surface area (Å²) >= 11 is 1.81. The summed E-state index contributed by atoms with van der Waals surface area (Å²) in [6.45, 7) is 7.17. The molecule has 0 spiro atoms. The standard InChI is InChI=1S/C18H22N4OS/c1-12(18(23)22-7-4-17-15(10-22)5-8-24-17)21-6-3-14-9-19-13(2)20-16(14)11-21/h5,8-9,12H,3-4,6-7,10-11H2,1-2H3/t12-/m1/s1. The second-order valence-electron chi connectivity index (χ2n) is 6.66. The summed E-state index contributed by atoms with van der Waals surface area (Å²) < 4.78 is 0. The van der Waals surface area contributed by atoms with E-state index in [1.807, 2.05) is 24.9 Å². The van der Waals surface area contributed by atoms with E-state index in [1.54, 1.807) is 11.3 Å². The number of rotatable bonds is 2. The summed E-state index contributed by atoms with van der Waals surface area (Å²) in [5, 5.41) is 2.13. The molecule has 0 fully saturated rings. The molecular formula is C18H22N4OS. The lowest BCUT2D eigenvalue weighted by molar-refractivity contribution is -0.137. The van der Waals surface area contributed by atoms with Gasteiger partial charge in [-0.2, -0.15) is 0 Å². The summed E-state index contributed by atoms with van der Waals surface area (Å²) in [4.78, 5) is 27.5. The van der Waals surface area contributed by atoms with Crippen LogP contribution in [0.25, 0.3) is 0 Å². The van der Waals surface area contributed by atoms with Gasteiger partial charge in [-0.15, -0.1) is 11.3 Å². The Balaban J connectivity index is 1.46. The zero-order valence-corrected chi connectivity index (χ0v) is 15.0. The second-order valence-corrected chi connectivity index (χ2v) is 7.67. The Kier molecular flexibility index (Phi) is 4.10. The molecule has 0 N–H and O–H groups in total. The minimum Gasteiger partial charge on any atom is -0.337 e. The van der Waals surface area contributed by atoms with Crippen molar-refractivity contribution in [3.63, 3.8) is 0 Å². The van der Waals surface area contributed by atoms with Gasteiger partial charge in [-0.25, -0.2) is 9.97 Å². The van der Waals surface area contributed by atoms with Crippen LogP contribution < -0.4 is 0 Å². The highest BCUT2D eigenvalue weighted by molar-refractivity contribution is 7.10. The Hall–Kier alpha value is -1.79. The van der Waals surface area contributed by atoms with Gasteiger partial charge in [0.15, 0.2) is 0 Å². The molecule has 0 aromatic carbocycles. The van der Waals surface area contributed by atoms with Gasteiger partial charge in [0.1, 0.15) is 5.82 Å². The van der Waals surface area contributed by atoms with Crippen LogP contribution in [0.2, 0.25) is 0 Å². The van der Waals surface area contributed by atoms with Gasteiger partial charge < -0.3 is 4.90 Å². The minimum absolute atomic E-state index is 0.103. The third kappa shape index (κ3) is 2.84. The predicted octanol–water partition coefficient (Wildman–Crippen LogP) is 2.18. The summed E-state index contributed by atoms with van der Waals surface area (Å²) in [5.41, 5.74) is 3.61. The van der Waals surface area contributed by atoms with Gasteiger partial charge in [-0.05, 0) is 49.3 Å². The number of hydrogen-bond donors (Lipinski definition) is 0. The normalized spacial score (nSPS) is 18.8. The van der Waals surface area contributed by atoms with E-state index in [2.05, 4.69) is 26.3 Å². The first-order chi connectivity index (χ1) is 11.6. The zero-order valence-electron chi connectivity index (χ0n) is 14.2. The monoisotopic (exact) mass is 342 g/mol. The van der Waals surface area contributed by atoms with Crippen LogP contribution in [0.1, 0.15) is 34.4 Å². The van der Waals surface area contributed by atoms with Crippen molar-refractivity contribution < 1.29 is 4.79 Å². The van der Waals surface area contributed by atoms with Crippen LogP contribution in [0.3, 0.4) is 0 Å². The van der Waals surface area contributed by atoms with Crippen molar-refractivity contribution in [3.8, 4) is 0 Å². The van der Waals surface area contributed by atoms with Crippen LogP contribution in [-0.4, -0.2) is 44.8 Å². The third-order valence-electron chi connectivity index (χ3n) is 5.12. The molecule has 1 amide bonds. The summed E-state index contributed by atoms with van der Waals surface area (Å²) in [6.07, 6.45) is 3.84. The minimum atomic E-state index is -0.103. The lowest BCUT2D eigenvalue weighted by Crippen LogP contribution is -2.49. The third-order valence-corrected chi connectivity index (χ3v) is 6.14. The maximum Gasteiger partial charge on any atom is 0.239 e. The maximum absolute atomic E-state index is 13.0. The van der Waals surface area contributed by atoms with Crippen LogP contribution in [0.15, 0.2) is 17.6 Å². The Morgan fingerprint density at radius 3 is 3.00 bits per heavy atom. The molecule has 2 aromatic heterocycles. The van der Waals surface area contributed by atoms with Crippen molar-refractivity contribution in [1.29, 1.82) is 0 Å². The van der Waals surface area contributed by atoms with Gasteiger partial charge in [0.2, 0.25) is 5.91 Å². The smallest absolute Gasteiger partial charge is 0.239 e. The van der Waals surface area contributed by atoms with E-state index in [4.69, 9.17) is 0 Å². The number of nitrogens with zero attached hydrogens (tertiary/aromatic N) is 4. The average molecular weight is 342 g/mol. The largest absolute Gasteiger partial charge is 0.337 e. The van der Waals surface area contributed by atoms with E-state index < -0.39 is 0 Å². The second kappa shape index (κ2) is 6.26. The van der Waals surface area contributed by atoms with Crippen LogP contribution in [0.5, 0.6) is 0 Å². The molecule has 2 aromatic rings. The maximum atomic E-state index is 13.0. The molecule has 126 valence electrons. The Morgan fingerprint density at radius 1 is 1.25 bits per heavy atom. The summed E-state index contributed by atoms with van der Waals surface area (Å²) in [5.74, 6) is 1.04. The highest BCUT2D eigenvalue weighted by atomic mass is 32.1. The Labute approximate surface area is 146 Å². The molecule has 5 nitrogen and oxygen atoms in total. The fourth-order valence-electron chi connectivity index (χ4n) is 3.61. The number of hydrogen-bond acceptors (Lipinski definition) is 5. The molecule has 1 atom stereocenters. The number of aryl methyl sites for hydroxylation is 1. The van der Waals surface area contributed by atoms with Crippen molar-refractivity contribution in [1.82, 2.24) is 19.8 Å². The molecule has 2 aliphatic rings. The van der Waals surface area contributed by atoms with E-state index in [0.717, 1.165) is 50.5 Å². The first kappa shape index (κ1) is 15.7. The number of aromatic nitrogens is 2. The molecule has 0 saturated heterocycles. The van der Waals surface area contributed by atoms with Crippen molar-refractivity contribution in [2.75, 3.05) is 13.1 Å². The molecule has 0 radical (unpaired) electrons. The van der Waals surface area contributed by atoms with E-state index >= 15 is 0 Å². The van der Waals surface area contributed by atoms with Gasteiger partial charge in [0.25, 0.3) is 0 Å². The number of carbonyl (C=O) groups excluding carboxylic acids is 1. The highest BCUT2D eigenvalue weighted by Gasteiger charge is 2.31. The fraction of sp³-hybridized carbons (Fsp3) is 0.500. The quantitative estimate of drug-likeness (QED) is 0.839. The molecule has 6 heteroatoms. The number of thiophene rings is 1. The molecule has 0 aliphatic carbocycles. The van der Waals surface area contributed by atoms with Crippen molar-refractivity contribution in [3.05, 3.63) is 45.2 Å². The van der Waals surface area contributed by atoms with Gasteiger partial charge in [-0.3, -0.25) is 9.69 Å². The molecule has 0 bridgehead atoms. The lowest BCUT2D eigenvalue weighted by Gasteiger charge is -2.36. The van der Waals surface area contributed by atoms with Crippen LogP contribution in [-0.2, 0) is 30.7 Å². The van der Waals surface area contributed by atoms with Gasteiger partial charge in [0.05, 0.1) is 11.7 Å². The van der Waals surface area contributed by atoms with Crippen molar-refractivity contribution in [2.45, 2.75) is 45.8 Å². The molecule has 4 rings (SSSR count). The summed E-state index contributed by atoms with van der Waals surface area (Å²) in [7, 11) is 0.